The van der Waals surface area contributed by atoms with Crippen LogP contribution in [0.4, 0.5) is 0 Å². The summed E-state index contributed by atoms with van der Waals surface area (Å²) in [5.74, 6) is -0.571. The number of nitrogens with zero attached hydrogens (tertiary/aromatic N) is 3. The fourth-order valence-corrected chi connectivity index (χ4v) is 3.36. The minimum atomic E-state index is -0.571. The standard InChI is InChI=1S/C17H23N5O/c1-22(14-8-3-2-4-9-14)11-12-6-5-7-13(10-12)15-16(17(18)23)20-21-19-15/h5-7,10,14H,2-4,8-9,11H2,1H3,(H2,18,23)(H,19,20,21). The Hall–Kier alpha value is -2.21. The number of carbonyl (C=O) groups is 1. The minimum Gasteiger partial charge on any atom is -0.364 e. The van der Waals surface area contributed by atoms with E-state index in [0.29, 0.717) is 11.7 Å². The molecule has 1 aliphatic carbocycles. The van der Waals surface area contributed by atoms with Crippen molar-refractivity contribution in [1.82, 2.24) is 20.3 Å². The highest BCUT2D eigenvalue weighted by Gasteiger charge is 2.19. The normalized spacial score (nSPS) is 15.9. The van der Waals surface area contributed by atoms with Gasteiger partial charge in [0.25, 0.3) is 5.91 Å². The van der Waals surface area contributed by atoms with E-state index in [4.69, 9.17) is 5.73 Å². The second kappa shape index (κ2) is 6.91. The number of aromatic amines is 1. The number of carbonyl (C=O) groups excluding carboxylic acids is 1. The highest BCUT2D eigenvalue weighted by atomic mass is 16.1. The van der Waals surface area contributed by atoms with Crippen molar-refractivity contribution < 1.29 is 4.79 Å². The number of nitrogens with one attached hydrogen (secondary N) is 1. The molecule has 0 radical (unpaired) electrons. The van der Waals surface area contributed by atoms with Gasteiger partial charge in [-0.1, -0.05) is 37.5 Å². The molecule has 23 heavy (non-hydrogen) atoms. The zero-order valence-electron chi connectivity index (χ0n) is 13.5. The van der Waals surface area contributed by atoms with Gasteiger partial charge in [0.15, 0.2) is 5.69 Å². The minimum absolute atomic E-state index is 0.183. The summed E-state index contributed by atoms with van der Waals surface area (Å²) < 4.78 is 0. The predicted octanol–water partition coefficient (Wildman–Crippen LogP) is 2.34. The van der Waals surface area contributed by atoms with Crippen LogP contribution in [0.15, 0.2) is 24.3 Å². The van der Waals surface area contributed by atoms with E-state index in [0.717, 1.165) is 12.1 Å². The number of nitrogens with two attached hydrogens (primary N) is 1. The smallest absolute Gasteiger partial charge is 0.271 e. The molecule has 6 heteroatoms. The van der Waals surface area contributed by atoms with Crippen LogP contribution in [0.2, 0.25) is 0 Å². The number of amides is 1. The first kappa shape index (κ1) is 15.7. The lowest BCUT2D eigenvalue weighted by atomic mass is 9.94. The molecule has 1 aliphatic rings. The number of rotatable bonds is 5. The second-order valence-corrected chi connectivity index (χ2v) is 6.29. The summed E-state index contributed by atoms with van der Waals surface area (Å²) in [5.41, 5.74) is 8.11. The molecule has 0 bridgehead atoms. The summed E-state index contributed by atoms with van der Waals surface area (Å²) in [4.78, 5) is 13.8. The van der Waals surface area contributed by atoms with E-state index in [1.165, 1.54) is 37.7 Å². The van der Waals surface area contributed by atoms with Crippen LogP contribution in [0.25, 0.3) is 11.3 Å². The van der Waals surface area contributed by atoms with Crippen molar-refractivity contribution in [1.29, 1.82) is 0 Å². The average molecular weight is 313 g/mol. The first-order valence-corrected chi connectivity index (χ1v) is 8.15. The average Bonchev–Trinajstić information content (AvgIpc) is 3.06. The Morgan fingerprint density at radius 3 is 2.83 bits per heavy atom. The zero-order chi connectivity index (χ0) is 16.2. The first-order chi connectivity index (χ1) is 11.1. The highest BCUT2D eigenvalue weighted by molar-refractivity contribution is 5.96. The topological polar surface area (TPSA) is 87.9 Å². The van der Waals surface area contributed by atoms with Gasteiger partial charge in [-0.3, -0.25) is 9.69 Å². The molecule has 6 nitrogen and oxygen atoms in total. The zero-order valence-corrected chi connectivity index (χ0v) is 13.5. The molecule has 0 unspecified atom stereocenters. The molecular weight excluding hydrogens is 290 g/mol. The molecule has 1 heterocycles. The van der Waals surface area contributed by atoms with E-state index in [9.17, 15) is 4.79 Å². The summed E-state index contributed by atoms with van der Waals surface area (Å²) in [5, 5.41) is 10.4. The molecule has 1 amide bonds. The molecule has 0 atom stereocenters. The summed E-state index contributed by atoms with van der Waals surface area (Å²) in [6, 6.07) is 8.74. The Kier molecular flexibility index (Phi) is 4.71. The van der Waals surface area contributed by atoms with Gasteiger partial charge in [-0.25, -0.2) is 0 Å². The van der Waals surface area contributed by atoms with Gasteiger partial charge in [0, 0.05) is 18.2 Å². The van der Waals surface area contributed by atoms with E-state index in [1.54, 1.807) is 0 Å². The molecule has 3 rings (SSSR count). The van der Waals surface area contributed by atoms with Crippen molar-refractivity contribution in [3.05, 3.63) is 35.5 Å². The number of H-pyrrole nitrogens is 1. The van der Waals surface area contributed by atoms with Crippen LogP contribution in [-0.4, -0.2) is 39.3 Å². The van der Waals surface area contributed by atoms with E-state index in [1.807, 2.05) is 12.1 Å². The van der Waals surface area contributed by atoms with Crippen molar-refractivity contribution in [3.8, 4) is 11.3 Å². The van der Waals surface area contributed by atoms with Crippen LogP contribution >= 0.6 is 0 Å². The number of aromatic nitrogens is 3. The van der Waals surface area contributed by atoms with Crippen LogP contribution in [0, 0.1) is 0 Å². The Labute approximate surface area is 136 Å². The van der Waals surface area contributed by atoms with Gasteiger partial charge in [0.05, 0.1) is 0 Å². The summed E-state index contributed by atoms with van der Waals surface area (Å²) in [6.45, 7) is 0.891. The van der Waals surface area contributed by atoms with Gasteiger partial charge in [-0.15, -0.1) is 0 Å². The van der Waals surface area contributed by atoms with Crippen LogP contribution in [0.1, 0.15) is 48.2 Å². The van der Waals surface area contributed by atoms with Crippen LogP contribution in [0.5, 0.6) is 0 Å². The molecule has 1 aromatic heterocycles. The number of primary amides is 1. The number of hydrogen-bond donors (Lipinski definition) is 2. The molecule has 0 spiro atoms. The molecule has 122 valence electrons. The maximum absolute atomic E-state index is 11.4. The van der Waals surface area contributed by atoms with E-state index in [-0.39, 0.29) is 5.69 Å². The van der Waals surface area contributed by atoms with E-state index < -0.39 is 5.91 Å². The van der Waals surface area contributed by atoms with Crippen LogP contribution in [0.3, 0.4) is 0 Å². The fourth-order valence-electron chi connectivity index (χ4n) is 3.36. The van der Waals surface area contributed by atoms with Gasteiger partial charge in [0.1, 0.15) is 5.69 Å². The van der Waals surface area contributed by atoms with Gasteiger partial charge < -0.3 is 5.73 Å². The van der Waals surface area contributed by atoms with Crippen molar-refractivity contribution >= 4 is 5.91 Å². The van der Waals surface area contributed by atoms with E-state index >= 15 is 0 Å². The van der Waals surface area contributed by atoms with Crippen LogP contribution in [-0.2, 0) is 6.54 Å². The van der Waals surface area contributed by atoms with E-state index in [2.05, 4.69) is 39.5 Å². The predicted molar refractivity (Wildman–Crippen MR) is 88.7 cm³/mol. The van der Waals surface area contributed by atoms with Gasteiger partial charge in [-0.2, -0.15) is 15.4 Å². The fraction of sp³-hybridized carbons (Fsp3) is 0.471. The molecule has 3 N–H and O–H groups in total. The third-order valence-electron chi connectivity index (χ3n) is 4.61. The third kappa shape index (κ3) is 3.59. The third-order valence-corrected chi connectivity index (χ3v) is 4.61. The van der Waals surface area contributed by atoms with Crippen LogP contribution < -0.4 is 5.73 Å². The molecule has 0 aliphatic heterocycles. The summed E-state index contributed by atoms with van der Waals surface area (Å²) in [6.07, 6.45) is 6.59. The molecule has 2 aromatic rings. The van der Waals surface area contributed by atoms with Crippen molar-refractivity contribution in [2.75, 3.05) is 7.05 Å². The number of benzene rings is 1. The lowest BCUT2D eigenvalue weighted by Crippen LogP contribution is -2.32. The Morgan fingerprint density at radius 1 is 1.30 bits per heavy atom. The summed E-state index contributed by atoms with van der Waals surface area (Å²) in [7, 11) is 2.19. The molecule has 0 saturated heterocycles. The molecule has 1 aromatic carbocycles. The quantitative estimate of drug-likeness (QED) is 0.887. The van der Waals surface area contributed by atoms with Gasteiger partial charge in [-0.05, 0) is 31.5 Å². The summed E-state index contributed by atoms with van der Waals surface area (Å²) >= 11 is 0. The lowest BCUT2D eigenvalue weighted by molar-refractivity contribution is 0.0996. The first-order valence-electron chi connectivity index (χ1n) is 8.15. The maximum atomic E-state index is 11.4. The Morgan fingerprint density at radius 2 is 2.09 bits per heavy atom. The SMILES string of the molecule is CN(Cc1cccc(-c2n[nH]nc2C(N)=O)c1)C1CCCCC1. The molecule has 1 fully saturated rings. The van der Waals surface area contributed by atoms with Gasteiger partial charge >= 0.3 is 0 Å². The molecular formula is C17H23N5O. The number of hydrogen-bond acceptors (Lipinski definition) is 4. The highest BCUT2D eigenvalue weighted by Crippen LogP contribution is 2.25. The van der Waals surface area contributed by atoms with Crippen molar-refractivity contribution in [2.45, 2.75) is 44.7 Å². The van der Waals surface area contributed by atoms with Crippen molar-refractivity contribution in [2.24, 2.45) is 5.73 Å². The second-order valence-electron chi connectivity index (χ2n) is 6.29. The maximum Gasteiger partial charge on any atom is 0.271 e. The largest absolute Gasteiger partial charge is 0.364 e. The molecule has 1 saturated carbocycles. The Bertz CT molecular complexity index is 675. The monoisotopic (exact) mass is 313 g/mol. The Balaban J connectivity index is 1.77. The van der Waals surface area contributed by atoms with Crippen molar-refractivity contribution in [3.63, 3.8) is 0 Å². The van der Waals surface area contributed by atoms with Gasteiger partial charge in [0.2, 0.25) is 0 Å². The lowest BCUT2D eigenvalue weighted by Gasteiger charge is -2.31.